The third-order valence-corrected chi connectivity index (χ3v) is 3.24. The predicted octanol–water partition coefficient (Wildman–Crippen LogP) is 2.39. The summed E-state index contributed by atoms with van der Waals surface area (Å²) in [5, 5.41) is 15.4. The van der Waals surface area contributed by atoms with Crippen LogP contribution in [0.1, 0.15) is 12.5 Å². The van der Waals surface area contributed by atoms with Crippen molar-refractivity contribution in [3.63, 3.8) is 0 Å². The lowest BCUT2D eigenvalue weighted by Gasteiger charge is -2.14. The number of rotatable bonds is 6. The van der Waals surface area contributed by atoms with Gasteiger partial charge >= 0.3 is 6.03 Å². The molecule has 0 aliphatic rings. The zero-order chi connectivity index (χ0) is 18.2. The molecule has 0 saturated heterocycles. The molecule has 0 spiro atoms. The molecule has 0 bridgehead atoms. The molecular weight excluding hydrogens is 326 g/mol. The molecule has 0 fully saturated rings. The van der Waals surface area contributed by atoms with Crippen LogP contribution in [0.3, 0.4) is 0 Å². The summed E-state index contributed by atoms with van der Waals surface area (Å²) in [4.78, 5) is 33.9. The largest absolute Gasteiger partial charge is 0.481 e. The lowest BCUT2D eigenvalue weighted by Crippen LogP contribution is -2.44. The maximum absolute atomic E-state index is 12.0. The first-order chi connectivity index (χ1) is 12.0. The van der Waals surface area contributed by atoms with Crippen molar-refractivity contribution in [2.75, 3.05) is 0 Å². The fourth-order valence-corrected chi connectivity index (χ4v) is 1.96. The molecule has 3 amide bonds. The second kappa shape index (κ2) is 8.44. The van der Waals surface area contributed by atoms with Crippen LogP contribution < -0.4 is 15.4 Å². The molecular formula is C17H17N3O5. The van der Waals surface area contributed by atoms with Crippen molar-refractivity contribution in [2.45, 2.75) is 19.6 Å². The van der Waals surface area contributed by atoms with Crippen LogP contribution in [0.2, 0.25) is 0 Å². The third kappa shape index (κ3) is 5.61. The lowest BCUT2D eigenvalue weighted by molar-refractivity contribution is -0.384. The van der Waals surface area contributed by atoms with Gasteiger partial charge in [0.15, 0.2) is 6.10 Å². The van der Waals surface area contributed by atoms with Gasteiger partial charge in [-0.3, -0.25) is 20.2 Å². The molecule has 0 aliphatic carbocycles. The van der Waals surface area contributed by atoms with Crippen molar-refractivity contribution >= 4 is 17.6 Å². The number of carbonyl (C=O) groups excluding carboxylic acids is 2. The Bertz CT molecular complexity index is 764. The second-order valence-corrected chi connectivity index (χ2v) is 5.17. The number of amides is 3. The van der Waals surface area contributed by atoms with E-state index >= 15 is 0 Å². The Balaban J connectivity index is 1.84. The van der Waals surface area contributed by atoms with Gasteiger partial charge in [-0.05, 0) is 18.6 Å². The van der Waals surface area contributed by atoms with E-state index in [1.807, 2.05) is 30.3 Å². The van der Waals surface area contributed by atoms with Crippen LogP contribution in [0.4, 0.5) is 10.5 Å². The highest BCUT2D eigenvalue weighted by Crippen LogP contribution is 2.20. The van der Waals surface area contributed by atoms with Crippen molar-refractivity contribution in [3.05, 3.63) is 70.3 Å². The fraction of sp³-hybridized carbons (Fsp3) is 0.176. The summed E-state index contributed by atoms with van der Waals surface area (Å²) in [7, 11) is 0. The average Bonchev–Trinajstić information content (AvgIpc) is 2.61. The monoisotopic (exact) mass is 343 g/mol. The topological polar surface area (TPSA) is 111 Å². The normalized spacial score (nSPS) is 11.2. The zero-order valence-electron chi connectivity index (χ0n) is 13.5. The number of nitrogens with one attached hydrogen (secondary N) is 2. The van der Waals surface area contributed by atoms with Gasteiger partial charge in [0.25, 0.3) is 11.6 Å². The number of ether oxygens (including phenoxy) is 1. The van der Waals surface area contributed by atoms with E-state index < -0.39 is 23.0 Å². The molecule has 0 aliphatic heterocycles. The summed E-state index contributed by atoms with van der Waals surface area (Å²) in [6.45, 7) is 1.72. The minimum atomic E-state index is -0.996. The van der Waals surface area contributed by atoms with Crippen molar-refractivity contribution in [1.29, 1.82) is 0 Å². The van der Waals surface area contributed by atoms with Gasteiger partial charge in [0, 0.05) is 12.6 Å². The maximum atomic E-state index is 12.0. The minimum Gasteiger partial charge on any atom is -0.481 e. The molecule has 2 N–H and O–H groups in total. The first-order valence-corrected chi connectivity index (χ1v) is 7.49. The Kier molecular flexibility index (Phi) is 6.05. The van der Waals surface area contributed by atoms with Crippen molar-refractivity contribution < 1.29 is 19.2 Å². The number of benzene rings is 2. The second-order valence-electron chi connectivity index (χ2n) is 5.17. The first kappa shape index (κ1) is 17.9. The number of carbonyl (C=O) groups is 2. The van der Waals surface area contributed by atoms with E-state index in [4.69, 9.17) is 4.74 Å². The standard InChI is InChI=1S/C17H17N3O5/c1-12(25-15-9-5-8-14(10-15)20(23)24)16(21)19-17(22)18-11-13-6-3-2-4-7-13/h2-10,12H,11H2,1H3,(H2,18,19,21,22)/t12-/m0/s1. The Morgan fingerprint density at radius 3 is 2.56 bits per heavy atom. The summed E-state index contributed by atoms with van der Waals surface area (Å²) < 4.78 is 5.33. The number of hydrogen-bond donors (Lipinski definition) is 2. The summed E-state index contributed by atoms with van der Waals surface area (Å²) in [5.74, 6) is -0.487. The van der Waals surface area contributed by atoms with Crippen LogP contribution in [0.15, 0.2) is 54.6 Å². The predicted molar refractivity (Wildman–Crippen MR) is 90.0 cm³/mol. The summed E-state index contributed by atoms with van der Waals surface area (Å²) in [5.41, 5.74) is 0.747. The van der Waals surface area contributed by atoms with E-state index in [2.05, 4.69) is 10.6 Å². The Morgan fingerprint density at radius 1 is 1.16 bits per heavy atom. The highest BCUT2D eigenvalue weighted by molar-refractivity contribution is 5.96. The minimum absolute atomic E-state index is 0.147. The van der Waals surface area contributed by atoms with Crippen molar-refractivity contribution in [2.24, 2.45) is 0 Å². The third-order valence-electron chi connectivity index (χ3n) is 3.24. The van der Waals surface area contributed by atoms with E-state index in [-0.39, 0.29) is 18.0 Å². The highest BCUT2D eigenvalue weighted by atomic mass is 16.6. The first-order valence-electron chi connectivity index (χ1n) is 7.49. The van der Waals surface area contributed by atoms with Crippen LogP contribution in [0.5, 0.6) is 5.75 Å². The lowest BCUT2D eigenvalue weighted by atomic mass is 10.2. The summed E-state index contributed by atoms with van der Waals surface area (Å²) >= 11 is 0. The van der Waals surface area contributed by atoms with Crippen LogP contribution in [0.25, 0.3) is 0 Å². The van der Waals surface area contributed by atoms with Gasteiger partial charge in [-0.1, -0.05) is 36.4 Å². The zero-order valence-corrected chi connectivity index (χ0v) is 13.5. The van der Waals surface area contributed by atoms with E-state index in [0.29, 0.717) is 0 Å². The molecule has 2 aromatic rings. The molecule has 2 rings (SSSR count). The molecule has 1 atom stereocenters. The van der Waals surface area contributed by atoms with Crippen molar-refractivity contribution in [1.82, 2.24) is 10.6 Å². The number of nitrogens with zero attached hydrogens (tertiary/aromatic N) is 1. The van der Waals surface area contributed by atoms with Gasteiger partial charge in [-0.2, -0.15) is 0 Å². The van der Waals surface area contributed by atoms with Crippen LogP contribution >= 0.6 is 0 Å². The van der Waals surface area contributed by atoms with Gasteiger partial charge < -0.3 is 10.1 Å². The van der Waals surface area contributed by atoms with Gasteiger partial charge in [-0.15, -0.1) is 0 Å². The molecule has 25 heavy (non-hydrogen) atoms. The molecule has 130 valence electrons. The Hall–Kier alpha value is -3.42. The van der Waals surface area contributed by atoms with E-state index in [1.165, 1.54) is 31.2 Å². The quantitative estimate of drug-likeness (QED) is 0.618. The smallest absolute Gasteiger partial charge is 0.321 e. The van der Waals surface area contributed by atoms with E-state index in [9.17, 15) is 19.7 Å². The SMILES string of the molecule is C[C@H](Oc1cccc([N+](=O)[O-])c1)C(=O)NC(=O)NCc1ccccc1. The molecule has 8 heteroatoms. The van der Waals surface area contributed by atoms with Crippen molar-refractivity contribution in [3.8, 4) is 5.75 Å². The summed E-state index contributed by atoms with van der Waals surface area (Å²) in [6.07, 6.45) is -0.996. The number of urea groups is 1. The molecule has 0 saturated carbocycles. The molecule has 0 unspecified atom stereocenters. The van der Waals surface area contributed by atoms with Crippen LogP contribution in [-0.2, 0) is 11.3 Å². The molecule has 0 radical (unpaired) electrons. The maximum Gasteiger partial charge on any atom is 0.321 e. The number of nitro benzene ring substituents is 1. The fourth-order valence-electron chi connectivity index (χ4n) is 1.96. The van der Waals surface area contributed by atoms with Crippen LogP contribution in [-0.4, -0.2) is 23.0 Å². The van der Waals surface area contributed by atoms with Gasteiger partial charge in [0.1, 0.15) is 5.75 Å². The number of nitro groups is 1. The molecule has 0 heterocycles. The van der Waals surface area contributed by atoms with Gasteiger partial charge in [0.2, 0.25) is 0 Å². The number of non-ortho nitro benzene ring substituents is 1. The Morgan fingerprint density at radius 2 is 1.88 bits per heavy atom. The molecule has 0 aromatic heterocycles. The van der Waals surface area contributed by atoms with E-state index in [0.717, 1.165) is 5.56 Å². The highest BCUT2D eigenvalue weighted by Gasteiger charge is 2.18. The number of imide groups is 1. The Labute approximate surface area is 144 Å². The number of hydrogen-bond acceptors (Lipinski definition) is 5. The summed E-state index contributed by atoms with van der Waals surface area (Å²) in [6, 6.07) is 14.0. The van der Waals surface area contributed by atoms with Gasteiger partial charge in [-0.25, -0.2) is 4.79 Å². The van der Waals surface area contributed by atoms with E-state index in [1.54, 1.807) is 0 Å². The molecule has 2 aromatic carbocycles. The van der Waals surface area contributed by atoms with Crippen LogP contribution in [0, 0.1) is 10.1 Å². The van der Waals surface area contributed by atoms with Gasteiger partial charge in [0.05, 0.1) is 11.0 Å². The molecule has 8 nitrogen and oxygen atoms in total. The average molecular weight is 343 g/mol.